The molecule has 0 bridgehead atoms. The Balaban J connectivity index is 2.24. The highest BCUT2D eigenvalue weighted by atomic mass is 16.3. The van der Waals surface area contributed by atoms with E-state index in [1.165, 1.54) is 17.7 Å². The van der Waals surface area contributed by atoms with Crippen molar-refractivity contribution in [3.8, 4) is 0 Å². The first-order chi connectivity index (χ1) is 9.81. The van der Waals surface area contributed by atoms with Crippen molar-refractivity contribution in [1.82, 2.24) is 5.32 Å². The van der Waals surface area contributed by atoms with Crippen LogP contribution in [0, 0.1) is 0 Å². The Bertz CT molecular complexity index is 408. The molecule has 1 aliphatic rings. The van der Waals surface area contributed by atoms with Crippen molar-refractivity contribution in [2.24, 2.45) is 0 Å². The van der Waals surface area contributed by atoms with Gasteiger partial charge in [-0.1, -0.05) is 32.0 Å². The van der Waals surface area contributed by atoms with Crippen LogP contribution in [0.25, 0.3) is 0 Å². The van der Waals surface area contributed by atoms with Crippen molar-refractivity contribution in [2.45, 2.75) is 51.6 Å². The standard InChI is InChI=1S/C17H28N2O/c1-3-11-18-16(4-2)15-9-5-6-10-17(15)19-12-7-8-14(19)13-20/h5-6,9-10,14,16,18,20H,3-4,7-8,11-13H2,1-2H3. The third-order valence-electron chi connectivity index (χ3n) is 4.26. The average Bonchev–Trinajstić information content (AvgIpc) is 2.97. The highest BCUT2D eigenvalue weighted by Crippen LogP contribution is 2.33. The van der Waals surface area contributed by atoms with Crippen molar-refractivity contribution in [3.63, 3.8) is 0 Å². The van der Waals surface area contributed by atoms with Crippen LogP contribution in [-0.2, 0) is 0 Å². The van der Waals surface area contributed by atoms with E-state index in [-0.39, 0.29) is 6.61 Å². The molecule has 1 aliphatic heterocycles. The van der Waals surface area contributed by atoms with Crippen molar-refractivity contribution in [2.75, 3.05) is 24.6 Å². The molecule has 0 spiro atoms. The second kappa shape index (κ2) is 7.65. The lowest BCUT2D eigenvalue weighted by atomic mass is 10.0. The van der Waals surface area contributed by atoms with Gasteiger partial charge >= 0.3 is 0 Å². The van der Waals surface area contributed by atoms with Crippen molar-refractivity contribution < 1.29 is 5.11 Å². The number of aliphatic hydroxyl groups excluding tert-OH is 1. The molecular formula is C17H28N2O. The lowest BCUT2D eigenvalue weighted by molar-refractivity contribution is 0.266. The molecule has 3 heteroatoms. The Hall–Kier alpha value is -1.06. The number of hydrogen-bond donors (Lipinski definition) is 2. The quantitative estimate of drug-likeness (QED) is 0.803. The van der Waals surface area contributed by atoms with Crippen LogP contribution >= 0.6 is 0 Å². The number of benzene rings is 1. The monoisotopic (exact) mass is 276 g/mol. The molecule has 1 heterocycles. The summed E-state index contributed by atoms with van der Waals surface area (Å²) < 4.78 is 0. The minimum Gasteiger partial charge on any atom is -0.394 e. The largest absolute Gasteiger partial charge is 0.394 e. The number of nitrogens with one attached hydrogen (secondary N) is 1. The summed E-state index contributed by atoms with van der Waals surface area (Å²) >= 11 is 0. The summed E-state index contributed by atoms with van der Waals surface area (Å²) in [5, 5.41) is 13.2. The molecule has 1 saturated heterocycles. The van der Waals surface area contributed by atoms with E-state index in [9.17, 15) is 5.11 Å². The van der Waals surface area contributed by atoms with Gasteiger partial charge in [0.05, 0.1) is 12.6 Å². The van der Waals surface area contributed by atoms with Crippen LogP contribution in [0.5, 0.6) is 0 Å². The topological polar surface area (TPSA) is 35.5 Å². The van der Waals surface area contributed by atoms with Gasteiger partial charge in [-0.05, 0) is 43.9 Å². The summed E-state index contributed by atoms with van der Waals surface area (Å²) in [7, 11) is 0. The van der Waals surface area contributed by atoms with Gasteiger partial charge in [0, 0.05) is 18.3 Å². The zero-order valence-corrected chi connectivity index (χ0v) is 12.8. The van der Waals surface area contributed by atoms with E-state index in [0.717, 1.165) is 32.4 Å². The second-order valence-electron chi connectivity index (χ2n) is 5.65. The average molecular weight is 276 g/mol. The van der Waals surface area contributed by atoms with E-state index >= 15 is 0 Å². The van der Waals surface area contributed by atoms with Gasteiger partial charge in [-0.15, -0.1) is 0 Å². The van der Waals surface area contributed by atoms with Crippen LogP contribution in [0.15, 0.2) is 24.3 Å². The summed E-state index contributed by atoms with van der Waals surface area (Å²) in [6.45, 7) is 6.81. The molecule has 0 aromatic heterocycles. The molecule has 112 valence electrons. The maximum absolute atomic E-state index is 9.57. The van der Waals surface area contributed by atoms with Crippen LogP contribution in [0.2, 0.25) is 0 Å². The molecular weight excluding hydrogens is 248 g/mol. The van der Waals surface area contributed by atoms with E-state index in [1.807, 2.05) is 0 Å². The van der Waals surface area contributed by atoms with Gasteiger partial charge in [0.1, 0.15) is 0 Å². The molecule has 20 heavy (non-hydrogen) atoms. The van der Waals surface area contributed by atoms with Crippen molar-refractivity contribution in [3.05, 3.63) is 29.8 Å². The van der Waals surface area contributed by atoms with E-state index in [0.29, 0.717) is 12.1 Å². The molecule has 1 aromatic carbocycles. The predicted molar refractivity (Wildman–Crippen MR) is 85.2 cm³/mol. The fraction of sp³-hybridized carbons (Fsp3) is 0.647. The summed E-state index contributed by atoms with van der Waals surface area (Å²) in [5.74, 6) is 0. The minimum atomic E-state index is 0.257. The molecule has 3 nitrogen and oxygen atoms in total. The Morgan fingerprint density at radius 3 is 2.85 bits per heavy atom. The number of rotatable bonds is 7. The van der Waals surface area contributed by atoms with Crippen LogP contribution in [0.3, 0.4) is 0 Å². The number of para-hydroxylation sites is 1. The lowest BCUT2D eigenvalue weighted by Gasteiger charge is -2.30. The Kier molecular flexibility index (Phi) is 5.86. The zero-order valence-electron chi connectivity index (χ0n) is 12.8. The fourth-order valence-electron chi connectivity index (χ4n) is 3.18. The van der Waals surface area contributed by atoms with E-state index < -0.39 is 0 Å². The SMILES string of the molecule is CCCNC(CC)c1ccccc1N1CCCC1CO. The van der Waals surface area contributed by atoms with Crippen LogP contribution in [-0.4, -0.2) is 30.8 Å². The molecule has 1 aromatic rings. The van der Waals surface area contributed by atoms with Gasteiger partial charge in [-0.25, -0.2) is 0 Å². The Morgan fingerprint density at radius 2 is 2.15 bits per heavy atom. The van der Waals surface area contributed by atoms with Gasteiger partial charge in [-0.2, -0.15) is 0 Å². The summed E-state index contributed by atoms with van der Waals surface area (Å²) in [6.07, 6.45) is 4.53. The van der Waals surface area contributed by atoms with Gasteiger partial charge in [0.25, 0.3) is 0 Å². The van der Waals surface area contributed by atoms with Crippen LogP contribution in [0.4, 0.5) is 5.69 Å². The smallest absolute Gasteiger partial charge is 0.0635 e. The fourth-order valence-corrected chi connectivity index (χ4v) is 3.18. The Morgan fingerprint density at radius 1 is 1.35 bits per heavy atom. The first-order valence-corrected chi connectivity index (χ1v) is 8.01. The third kappa shape index (κ3) is 3.33. The highest BCUT2D eigenvalue weighted by molar-refractivity contribution is 5.56. The van der Waals surface area contributed by atoms with Gasteiger partial charge < -0.3 is 15.3 Å². The van der Waals surface area contributed by atoms with Crippen molar-refractivity contribution in [1.29, 1.82) is 0 Å². The van der Waals surface area contributed by atoms with Crippen LogP contribution in [0.1, 0.15) is 51.1 Å². The van der Waals surface area contributed by atoms with E-state index in [2.05, 4.69) is 48.3 Å². The molecule has 0 amide bonds. The molecule has 0 aliphatic carbocycles. The van der Waals surface area contributed by atoms with E-state index in [4.69, 9.17) is 0 Å². The normalized spacial score (nSPS) is 20.4. The third-order valence-corrected chi connectivity index (χ3v) is 4.26. The van der Waals surface area contributed by atoms with Gasteiger partial charge in [-0.3, -0.25) is 0 Å². The molecule has 0 radical (unpaired) electrons. The highest BCUT2D eigenvalue weighted by Gasteiger charge is 2.26. The Labute approximate surface area is 123 Å². The first-order valence-electron chi connectivity index (χ1n) is 8.01. The number of nitrogens with zero attached hydrogens (tertiary/aromatic N) is 1. The summed E-state index contributed by atoms with van der Waals surface area (Å²) in [5.41, 5.74) is 2.68. The van der Waals surface area contributed by atoms with E-state index in [1.54, 1.807) is 0 Å². The number of hydrogen-bond acceptors (Lipinski definition) is 3. The molecule has 2 N–H and O–H groups in total. The van der Waals surface area contributed by atoms with Crippen molar-refractivity contribution >= 4 is 5.69 Å². The predicted octanol–water partition coefficient (Wildman–Crippen LogP) is 3.10. The van der Waals surface area contributed by atoms with Gasteiger partial charge in [0.2, 0.25) is 0 Å². The maximum Gasteiger partial charge on any atom is 0.0635 e. The lowest BCUT2D eigenvalue weighted by Crippen LogP contribution is -2.34. The summed E-state index contributed by atoms with van der Waals surface area (Å²) in [6, 6.07) is 9.38. The molecule has 2 rings (SSSR count). The first kappa shape index (κ1) is 15.3. The molecule has 1 fully saturated rings. The number of aliphatic hydroxyl groups is 1. The minimum absolute atomic E-state index is 0.257. The van der Waals surface area contributed by atoms with Crippen LogP contribution < -0.4 is 10.2 Å². The second-order valence-corrected chi connectivity index (χ2v) is 5.65. The van der Waals surface area contributed by atoms with Gasteiger partial charge in [0.15, 0.2) is 0 Å². The maximum atomic E-state index is 9.57. The number of anilines is 1. The molecule has 2 atom stereocenters. The summed E-state index contributed by atoms with van der Waals surface area (Å²) in [4.78, 5) is 2.39. The zero-order chi connectivity index (χ0) is 14.4. The molecule has 0 saturated carbocycles. The molecule has 2 unspecified atom stereocenters.